The molecule has 0 bridgehead atoms. The lowest BCUT2D eigenvalue weighted by atomic mass is 10.0. The highest BCUT2D eigenvalue weighted by molar-refractivity contribution is 5.99. The molecule has 2 aromatic rings. The van der Waals surface area contributed by atoms with Crippen LogP contribution in [0.25, 0.3) is 11.1 Å². The minimum Gasteiger partial charge on any atom is -0.396 e. The molecule has 2 heterocycles. The summed E-state index contributed by atoms with van der Waals surface area (Å²) in [4.78, 5) is 26.7. The van der Waals surface area contributed by atoms with Crippen LogP contribution in [0.15, 0.2) is 36.7 Å². The van der Waals surface area contributed by atoms with Crippen LogP contribution in [0.4, 0.5) is 0 Å². The van der Waals surface area contributed by atoms with Crippen molar-refractivity contribution < 1.29 is 14.7 Å². The monoisotopic (exact) mass is 368 g/mol. The summed E-state index contributed by atoms with van der Waals surface area (Å²) in [6.07, 6.45) is 6.64. The second kappa shape index (κ2) is 7.52. The number of aromatic nitrogens is 2. The molecule has 1 aliphatic carbocycles. The van der Waals surface area contributed by atoms with Crippen molar-refractivity contribution in [2.75, 3.05) is 19.7 Å². The average Bonchev–Trinajstić information content (AvgIpc) is 3.37. The van der Waals surface area contributed by atoms with Crippen LogP contribution in [-0.4, -0.2) is 57.3 Å². The Morgan fingerprint density at radius 3 is 2.93 bits per heavy atom. The Morgan fingerprint density at radius 2 is 2.15 bits per heavy atom. The maximum absolute atomic E-state index is 13.0. The first-order valence-electron chi connectivity index (χ1n) is 9.48. The predicted molar refractivity (Wildman–Crippen MR) is 99.9 cm³/mol. The van der Waals surface area contributed by atoms with E-state index < -0.39 is 6.04 Å². The molecule has 142 valence electrons. The van der Waals surface area contributed by atoms with Gasteiger partial charge in [-0.3, -0.25) is 14.3 Å². The van der Waals surface area contributed by atoms with Crippen molar-refractivity contribution in [1.82, 2.24) is 20.0 Å². The molecule has 1 saturated heterocycles. The van der Waals surface area contributed by atoms with Crippen molar-refractivity contribution in [2.24, 2.45) is 5.92 Å². The van der Waals surface area contributed by atoms with Gasteiger partial charge in [0.1, 0.15) is 6.04 Å². The number of hydrogen-bond donors (Lipinski definition) is 2. The van der Waals surface area contributed by atoms with Crippen LogP contribution in [0.2, 0.25) is 0 Å². The van der Waals surface area contributed by atoms with Crippen LogP contribution < -0.4 is 5.32 Å². The van der Waals surface area contributed by atoms with Crippen LogP contribution in [0.3, 0.4) is 0 Å². The Hall–Kier alpha value is -2.67. The van der Waals surface area contributed by atoms with Crippen LogP contribution in [0, 0.1) is 5.92 Å². The molecule has 2 fully saturated rings. The van der Waals surface area contributed by atoms with Gasteiger partial charge < -0.3 is 15.3 Å². The van der Waals surface area contributed by atoms with Crippen LogP contribution >= 0.6 is 0 Å². The Kier molecular flexibility index (Phi) is 4.94. The summed E-state index contributed by atoms with van der Waals surface area (Å²) in [5.41, 5.74) is 2.46. The number of aliphatic hydroxyl groups excluding tert-OH is 1. The van der Waals surface area contributed by atoms with E-state index in [2.05, 4.69) is 10.4 Å². The zero-order chi connectivity index (χ0) is 18.8. The molecule has 1 saturated carbocycles. The molecule has 0 spiro atoms. The molecule has 7 nitrogen and oxygen atoms in total. The summed E-state index contributed by atoms with van der Waals surface area (Å²) >= 11 is 0. The van der Waals surface area contributed by atoms with Crippen LogP contribution in [0.5, 0.6) is 0 Å². The summed E-state index contributed by atoms with van der Waals surface area (Å²) in [6.45, 7) is 1.69. The van der Waals surface area contributed by atoms with Gasteiger partial charge in [0.2, 0.25) is 5.91 Å². The summed E-state index contributed by atoms with van der Waals surface area (Å²) in [5, 5.41) is 16.4. The highest BCUT2D eigenvalue weighted by Crippen LogP contribution is 2.31. The minimum atomic E-state index is -0.624. The second-order valence-corrected chi connectivity index (χ2v) is 7.29. The fraction of sp³-hybridized carbons (Fsp3) is 0.450. The number of nitrogens with one attached hydrogen (secondary N) is 1. The van der Waals surface area contributed by atoms with Gasteiger partial charge in [-0.05, 0) is 42.9 Å². The van der Waals surface area contributed by atoms with Gasteiger partial charge >= 0.3 is 0 Å². The number of aliphatic hydroxyl groups is 1. The van der Waals surface area contributed by atoms with E-state index >= 15 is 0 Å². The number of piperazine rings is 1. The Labute approximate surface area is 158 Å². The van der Waals surface area contributed by atoms with Crippen LogP contribution in [0.1, 0.15) is 29.6 Å². The number of amides is 2. The van der Waals surface area contributed by atoms with Crippen molar-refractivity contribution in [2.45, 2.75) is 31.8 Å². The predicted octanol–water partition coefficient (Wildman–Crippen LogP) is 1.28. The van der Waals surface area contributed by atoms with Gasteiger partial charge in [-0.15, -0.1) is 0 Å². The maximum Gasteiger partial charge on any atom is 0.254 e. The van der Waals surface area contributed by atoms with Crippen molar-refractivity contribution in [3.8, 4) is 11.1 Å². The standard InChI is InChI=1S/C20H24N4O3/c25-9-6-18-19(26)21-7-8-24(18)20(27)16-3-1-2-15(10-16)17-11-22-23(13-17)12-14-4-5-14/h1-3,10-11,13-14,18,25H,4-9,12H2,(H,21,26)/t18-/m1/s1. The average molecular weight is 368 g/mol. The topological polar surface area (TPSA) is 87.5 Å². The quantitative estimate of drug-likeness (QED) is 0.804. The van der Waals surface area contributed by atoms with E-state index in [1.165, 1.54) is 12.8 Å². The third-order valence-electron chi connectivity index (χ3n) is 5.21. The largest absolute Gasteiger partial charge is 0.396 e. The molecule has 1 aliphatic heterocycles. The van der Waals surface area contributed by atoms with Gasteiger partial charge in [0.05, 0.1) is 6.20 Å². The molecule has 1 aromatic carbocycles. The third kappa shape index (κ3) is 3.88. The molecule has 2 amide bonds. The number of rotatable bonds is 6. The molecule has 4 rings (SSSR count). The normalized spacial score (nSPS) is 19.8. The number of nitrogens with zero attached hydrogens (tertiary/aromatic N) is 3. The molecule has 2 N–H and O–H groups in total. The van der Waals surface area contributed by atoms with Gasteiger partial charge in [0.15, 0.2) is 0 Å². The van der Waals surface area contributed by atoms with E-state index in [1.807, 2.05) is 35.3 Å². The Balaban J connectivity index is 1.54. The summed E-state index contributed by atoms with van der Waals surface area (Å²) < 4.78 is 1.97. The molecule has 0 unspecified atom stereocenters. The van der Waals surface area contributed by atoms with Gasteiger partial charge in [0, 0.05) is 43.6 Å². The molecule has 1 aromatic heterocycles. The molecule has 1 atom stereocenters. The van der Waals surface area contributed by atoms with Crippen molar-refractivity contribution in [1.29, 1.82) is 0 Å². The number of benzene rings is 1. The van der Waals surface area contributed by atoms with Crippen LogP contribution in [-0.2, 0) is 11.3 Å². The molecular formula is C20H24N4O3. The zero-order valence-electron chi connectivity index (χ0n) is 15.2. The molecule has 0 radical (unpaired) electrons. The number of hydrogen-bond acceptors (Lipinski definition) is 4. The minimum absolute atomic E-state index is 0.137. The first-order valence-corrected chi connectivity index (χ1v) is 9.48. The third-order valence-corrected chi connectivity index (χ3v) is 5.21. The lowest BCUT2D eigenvalue weighted by molar-refractivity contribution is -0.128. The summed E-state index contributed by atoms with van der Waals surface area (Å²) in [5.74, 6) is 0.357. The lowest BCUT2D eigenvalue weighted by Crippen LogP contribution is -2.57. The summed E-state index contributed by atoms with van der Waals surface area (Å²) in [6, 6.07) is 6.81. The van der Waals surface area contributed by atoms with Gasteiger partial charge in [-0.2, -0.15) is 5.10 Å². The van der Waals surface area contributed by atoms with E-state index in [4.69, 9.17) is 0 Å². The van der Waals surface area contributed by atoms with E-state index in [0.717, 1.165) is 23.6 Å². The van der Waals surface area contributed by atoms with E-state index in [1.54, 1.807) is 11.0 Å². The first kappa shape index (κ1) is 17.7. The van der Waals surface area contributed by atoms with Gasteiger partial charge in [0.25, 0.3) is 5.91 Å². The van der Waals surface area contributed by atoms with Gasteiger partial charge in [-0.25, -0.2) is 0 Å². The smallest absolute Gasteiger partial charge is 0.254 e. The molecular weight excluding hydrogens is 344 g/mol. The highest BCUT2D eigenvalue weighted by Gasteiger charge is 2.33. The fourth-order valence-corrected chi connectivity index (χ4v) is 3.54. The van der Waals surface area contributed by atoms with E-state index in [9.17, 15) is 14.7 Å². The summed E-state index contributed by atoms with van der Waals surface area (Å²) in [7, 11) is 0. The molecule has 27 heavy (non-hydrogen) atoms. The van der Waals surface area contributed by atoms with Crippen molar-refractivity contribution >= 4 is 11.8 Å². The fourth-order valence-electron chi connectivity index (χ4n) is 3.54. The van der Waals surface area contributed by atoms with Crippen molar-refractivity contribution in [3.05, 3.63) is 42.2 Å². The lowest BCUT2D eigenvalue weighted by Gasteiger charge is -2.34. The van der Waals surface area contributed by atoms with E-state index in [0.29, 0.717) is 18.7 Å². The highest BCUT2D eigenvalue weighted by atomic mass is 16.3. The maximum atomic E-state index is 13.0. The SMILES string of the molecule is O=C1NCCN(C(=O)c2cccc(-c3cnn(CC4CC4)c3)c2)[C@@H]1CCO. The molecule has 2 aliphatic rings. The van der Waals surface area contributed by atoms with Crippen molar-refractivity contribution in [3.63, 3.8) is 0 Å². The second-order valence-electron chi connectivity index (χ2n) is 7.29. The Bertz CT molecular complexity index is 843. The van der Waals surface area contributed by atoms with E-state index in [-0.39, 0.29) is 24.8 Å². The number of carbonyl (C=O) groups is 2. The van der Waals surface area contributed by atoms with Gasteiger partial charge in [-0.1, -0.05) is 12.1 Å². The zero-order valence-corrected chi connectivity index (χ0v) is 15.2. The first-order chi connectivity index (χ1) is 13.2. The number of carbonyl (C=O) groups excluding carboxylic acids is 2. The Morgan fingerprint density at radius 1 is 1.30 bits per heavy atom. The molecule has 7 heteroatoms.